The Labute approximate surface area is 81.7 Å². The fourth-order valence-corrected chi connectivity index (χ4v) is 1.15. The van der Waals surface area contributed by atoms with Gasteiger partial charge in [0.15, 0.2) is 5.78 Å². The van der Waals surface area contributed by atoms with Crippen LogP contribution in [-0.2, 0) is 0 Å². The van der Waals surface area contributed by atoms with E-state index in [0.29, 0.717) is 5.75 Å². The Hall–Kier alpha value is -1.58. The van der Waals surface area contributed by atoms with E-state index >= 15 is 0 Å². The second-order valence-corrected chi connectivity index (χ2v) is 2.85. The molecule has 1 aromatic carbocycles. The summed E-state index contributed by atoms with van der Waals surface area (Å²) in [5.41, 5.74) is 5.68. The van der Waals surface area contributed by atoms with E-state index in [1.165, 1.54) is 13.2 Å². The monoisotopic (exact) mass is 197 g/mol. The van der Waals surface area contributed by atoms with E-state index in [1.807, 2.05) is 0 Å². The Morgan fingerprint density at radius 1 is 1.57 bits per heavy atom. The molecule has 0 bridgehead atoms. The van der Waals surface area contributed by atoms with Crippen molar-refractivity contribution < 1.29 is 13.9 Å². The first-order valence-corrected chi connectivity index (χ1v) is 4.26. The number of hydrogen-bond donors (Lipinski definition) is 1. The first-order chi connectivity index (χ1) is 6.60. The summed E-state index contributed by atoms with van der Waals surface area (Å²) in [5, 5.41) is 0. The number of anilines is 1. The largest absolute Gasteiger partial charge is 0.495 e. The van der Waals surface area contributed by atoms with Crippen LogP contribution in [0.4, 0.5) is 10.1 Å². The van der Waals surface area contributed by atoms with Crippen molar-refractivity contribution in [3.63, 3.8) is 0 Å². The molecule has 3 nitrogen and oxygen atoms in total. The van der Waals surface area contributed by atoms with Crippen LogP contribution in [0.25, 0.3) is 0 Å². The molecule has 0 aromatic heterocycles. The maximum atomic E-state index is 13.2. The van der Waals surface area contributed by atoms with Crippen molar-refractivity contribution in [3.05, 3.63) is 23.5 Å². The molecule has 0 radical (unpaired) electrons. The SMILES string of the molecule is CCC(=O)c1cc(OC)c(N)cc1F. The van der Waals surface area contributed by atoms with Crippen LogP contribution in [0.3, 0.4) is 0 Å². The molecule has 2 N–H and O–H groups in total. The van der Waals surface area contributed by atoms with Gasteiger partial charge in [-0.1, -0.05) is 6.92 Å². The number of nitrogen functional groups attached to an aromatic ring is 1. The highest BCUT2D eigenvalue weighted by atomic mass is 19.1. The van der Waals surface area contributed by atoms with Gasteiger partial charge in [-0.25, -0.2) is 4.39 Å². The highest BCUT2D eigenvalue weighted by Crippen LogP contribution is 2.25. The topological polar surface area (TPSA) is 52.3 Å². The normalized spacial score (nSPS) is 9.93. The van der Waals surface area contributed by atoms with Gasteiger partial charge in [0.1, 0.15) is 11.6 Å². The van der Waals surface area contributed by atoms with E-state index in [-0.39, 0.29) is 23.5 Å². The van der Waals surface area contributed by atoms with Crippen molar-refractivity contribution in [2.24, 2.45) is 0 Å². The standard InChI is InChI=1S/C10H12FNO2/c1-3-9(13)6-4-10(14-2)8(12)5-7(6)11/h4-5H,3,12H2,1-2H3. The Morgan fingerprint density at radius 2 is 2.21 bits per heavy atom. The average molecular weight is 197 g/mol. The van der Waals surface area contributed by atoms with E-state index in [1.54, 1.807) is 6.92 Å². The molecule has 14 heavy (non-hydrogen) atoms. The predicted molar refractivity (Wildman–Crippen MR) is 52.0 cm³/mol. The van der Waals surface area contributed by atoms with Crippen molar-refractivity contribution in [1.29, 1.82) is 0 Å². The summed E-state index contributed by atoms with van der Waals surface area (Å²) in [7, 11) is 1.42. The molecule has 76 valence electrons. The van der Waals surface area contributed by atoms with Gasteiger partial charge in [0.2, 0.25) is 0 Å². The number of carbonyl (C=O) groups excluding carboxylic acids is 1. The van der Waals surface area contributed by atoms with Gasteiger partial charge in [-0.2, -0.15) is 0 Å². The van der Waals surface area contributed by atoms with Gasteiger partial charge >= 0.3 is 0 Å². The summed E-state index contributed by atoms with van der Waals surface area (Å²) < 4.78 is 18.1. The number of ketones is 1. The molecule has 0 saturated carbocycles. The van der Waals surface area contributed by atoms with Crippen molar-refractivity contribution in [2.45, 2.75) is 13.3 Å². The van der Waals surface area contributed by atoms with Crippen LogP contribution in [0.15, 0.2) is 12.1 Å². The lowest BCUT2D eigenvalue weighted by Crippen LogP contribution is -2.03. The molecular weight excluding hydrogens is 185 g/mol. The third-order valence-electron chi connectivity index (χ3n) is 1.94. The van der Waals surface area contributed by atoms with Crippen LogP contribution >= 0.6 is 0 Å². The number of halogens is 1. The zero-order valence-corrected chi connectivity index (χ0v) is 8.13. The van der Waals surface area contributed by atoms with Gasteiger partial charge in [0, 0.05) is 12.5 Å². The number of ether oxygens (including phenoxy) is 1. The highest BCUT2D eigenvalue weighted by molar-refractivity contribution is 5.97. The molecule has 0 heterocycles. The summed E-state index contributed by atoms with van der Waals surface area (Å²) in [6.07, 6.45) is 0.254. The maximum absolute atomic E-state index is 13.2. The molecule has 0 fully saturated rings. The highest BCUT2D eigenvalue weighted by Gasteiger charge is 2.13. The van der Waals surface area contributed by atoms with E-state index in [0.717, 1.165) is 6.07 Å². The van der Waals surface area contributed by atoms with Gasteiger partial charge in [0.05, 0.1) is 18.4 Å². The predicted octanol–water partition coefficient (Wildman–Crippen LogP) is 2.01. The molecule has 0 unspecified atom stereocenters. The minimum absolute atomic E-state index is 0.0264. The van der Waals surface area contributed by atoms with Gasteiger partial charge in [-0.05, 0) is 6.07 Å². The number of carbonyl (C=O) groups is 1. The first-order valence-electron chi connectivity index (χ1n) is 4.26. The molecule has 0 aliphatic carbocycles. The Morgan fingerprint density at radius 3 is 2.71 bits per heavy atom. The number of hydrogen-bond acceptors (Lipinski definition) is 3. The lowest BCUT2D eigenvalue weighted by atomic mass is 10.1. The van der Waals surface area contributed by atoms with E-state index in [9.17, 15) is 9.18 Å². The minimum atomic E-state index is -0.602. The number of methoxy groups -OCH3 is 1. The maximum Gasteiger partial charge on any atom is 0.165 e. The van der Waals surface area contributed by atoms with Crippen molar-refractivity contribution in [2.75, 3.05) is 12.8 Å². The number of nitrogens with two attached hydrogens (primary N) is 1. The third kappa shape index (κ3) is 1.84. The zero-order valence-electron chi connectivity index (χ0n) is 8.13. The van der Waals surface area contributed by atoms with Gasteiger partial charge in [0.25, 0.3) is 0 Å². The molecule has 0 aliphatic rings. The average Bonchev–Trinajstić information content (AvgIpc) is 2.17. The fraction of sp³-hybridized carbons (Fsp3) is 0.300. The number of benzene rings is 1. The van der Waals surface area contributed by atoms with Crippen molar-refractivity contribution in [3.8, 4) is 5.75 Å². The molecule has 0 spiro atoms. The molecule has 0 amide bonds. The Kier molecular flexibility index (Phi) is 3.06. The summed E-state index contributed by atoms with van der Waals surface area (Å²) in [6, 6.07) is 2.43. The molecule has 0 aliphatic heterocycles. The smallest absolute Gasteiger partial charge is 0.165 e. The molecule has 1 rings (SSSR count). The quantitative estimate of drug-likeness (QED) is 0.595. The molecule has 0 atom stereocenters. The van der Waals surface area contributed by atoms with Crippen LogP contribution in [-0.4, -0.2) is 12.9 Å². The van der Waals surface area contributed by atoms with Gasteiger partial charge in [-0.3, -0.25) is 4.79 Å². The van der Waals surface area contributed by atoms with E-state index in [2.05, 4.69) is 0 Å². The summed E-state index contributed by atoms with van der Waals surface area (Å²) >= 11 is 0. The Balaban J connectivity index is 3.24. The van der Waals surface area contributed by atoms with Crippen LogP contribution in [0.1, 0.15) is 23.7 Å². The van der Waals surface area contributed by atoms with Gasteiger partial charge in [-0.15, -0.1) is 0 Å². The van der Waals surface area contributed by atoms with Crippen molar-refractivity contribution >= 4 is 11.5 Å². The number of rotatable bonds is 3. The molecule has 4 heteroatoms. The van der Waals surface area contributed by atoms with E-state index in [4.69, 9.17) is 10.5 Å². The van der Waals surface area contributed by atoms with E-state index < -0.39 is 5.82 Å². The third-order valence-corrected chi connectivity index (χ3v) is 1.94. The minimum Gasteiger partial charge on any atom is -0.495 e. The van der Waals surface area contributed by atoms with Crippen LogP contribution in [0.2, 0.25) is 0 Å². The second-order valence-electron chi connectivity index (χ2n) is 2.85. The molecule has 0 saturated heterocycles. The van der Waals surface area contributed by atoms with Crippen LogP contribution in [0.5, 0.6) is 5.75 Å². The lowest BCUT2D eigenvalue weighted by molar-refractivity contribution is 0.0984. The molecular formula is C10H12FNO2. The van der Waals surface area contributed by atoms with Gasteiger partial charge < -0.3 is 10.5 Å². The Bertz CT molecular complexity index is 363. The fourth-order valence-electron chi connectivity index (χ4n) is 1.15. The van der Waals surface area contributed by atoms with Crippen LogP contribution < -0.4 is 10.5 Å². The first kappa shape index (κ1) is 10.5. The zero-order chi connectivity index (χ0) is 10.7. The van der Waals surface area contributed by atoms with Crippen LogP contribution in [0, 0.1) is 5.82 Å². The van der Waals surface area contributed by atoms with Crippen molar-refractivity contribution in [1.82, 2.24) is 0 Å². The lowest BCUT2D eigenvalue weighted by Gasteiger charge is -2.07. The summed E-state index contributed by atoms with van der Waals surface area (Å²) in [6.45, 7) is 1.67. The summed E-state index contributed by atoms with van der Waals surface area (Å²) in [5.74, 6) is -0.542. The molecule has 1 aromatic rings. The summed E-state index contributed by atoms with van der Waals surface area (Å²) in [4.78, 5) is 11.3. The second kappa shape index (κ2) is 4.09. The number of Topliss-reactive ketones (excluding diaryl/α,β-unsaturated/α-hetero) is 1.